The molecule has 0 fully saturated rings. The van der Waals surface area contributed by atoms with Gasteiger partial charge in [-0.15, -0.1) is 11.8 Å². The van der Waals surface area contributed by atoms with Crippen molar-refractivity contribution in [1.82, 2.24) is 4.90 Å². The van der Waals surface area contributed by atoms with Crippen LogP contribution in [0.3, 0.4) is 0 Å². The fourth-order valence-corrected chi connectivity index (χ4v) is 1.30. The molecule has 1 radical (unpaired) electrons. The molecule has 1 nitrogen and oxygen atoms in total. The van der Waals surface area contributed by atoms with Gasteiger partial charge < -0.3 is 4.90 Å². The molecule has 3 heteroatoms. The van der Waals surface area contributed by atoms with Gasteiger partial charge in [0, 0.05) is 6.20 Å². The number of hydrogen-bond acceptors (Lipinski definition) is 3. The zero-order chi connectivity index (χ0) is 5.11. The predicted octanol–water partition coefficient (Wildman–Crippen LogP) is 1.51. The summed E-state index contributed by atoms with van der Waals surface area (Å²) in [5.41, 5.74) is 0. The van der Waals surface area contributed by atoms with Gasteiger partial charge in [-0.05, 0) is 5.41 Å². The van der Waals surface area contributed by atoms with E-state index < -0.39 is 0 Å². The van der Waals surface area contributed by atoms with Crippen LogP contribution in [0.1, 0.15) is 0 Å². The van der Waals surface area contributed by atoms with Gasteiger partial charge in [-0.25, -0.2) is 0 Å². The average Bonchev–Trinajstić information content (AvgIpc) is 2.14. The molecule has 0 unspecified atom stereocenters. The lowest BCUT2D eigenvalue weighted by molar-refractivity contribution is 0.592. The van der Waals surface area contributed by atoms with Crippen molar-refractivity contribution in [2.75, 3.05) is 5.88 Å². The molecule has 0 N–H and O–H groups in total. The summed E-state index contributed by atoms with van der Waals surface area (Å²) in [6.45, 7) is 0. The zero-order valence-corrected chi connectivity index (χ0v) is 5.45. The standard InChI is InChI=1S/C4H6NS2/c6-3-5-1-2-7-4-5/h1-3,6H,4H2. The van der Waals surface area contributed by atoms with E-state index in [1.165, 1.54) is 0 Å². The minimum absolute atomic E-state index is 1.02. The first-order valence-corrected chi connectivity index (χ1v) is 3.51. The molecule has 0 saturated heterocycles. The molecule has 1 aliphatic heterocycles. The summed E-state index contributed by atoms with van der Waals surface area (Å²) in [7, 11) is 0. The van der Waals surface area contributed by atoms with Crippen molar-refractivity contribution in [2.24, 2.45) is 0 Å². The molecule has 0 aromatic rings. The molecule has 0 bridgehead atoms. The fourth-order valence-electron chi connectivity index (χ4n) is 0.365. The van der Waals surface area contributed by atoms with Gasteiger partial charge in [-0.1, -0.05) is 0 Å². The van der Waals surface area contributed by atoms with Gasteiger partial charge in [0.15, 0.2) is 0 Å². The van der Waals surface area contributed by atoms with Crippen molar-refractivity contribution in [3.05, 3.63) is 17.5 Å². The first kappa shape index (κ1) is 5.38. The zero-order valence-electron chi connectivity index (χ0n) is 3.74. The SMILES string of the molecule is S[CH]N1C=CSC1. The van der Waals surface area contributed by atoms with Crippen molar-refractivity contribution < 1.29 is 0 Å². The highest BCUT2D eigenvalue weighted by molar-refractivity contribution is 8.02. The van der Waals surface area contributed by atoms with Gasteiger partial charge in [-0.3, -0.25) is 0 Å². The fraction of sp³-hybridized carbons (Fsp3) is 0.250. The van der Waals surface area contributed by atoms with Crippen molar-refractivity contribution in [3.63, 3.8) is 0 Å². The normalized spacial score (nSPS) is 18.7. The number of hydrogen-bond donors (Lipinski definition) is 1. The molecule has 0 amide bonds. The van der Waals surface area contributed by atoms with Crippen LogP contribution in [0.25, 0.3) is 0 Å². The number of thiol groups is 1. The Balaban J connectivity index is 2.28. The molecular weight excluding hydrogens is 126 g/mol. The molecular formula is C4H6NS2. The van der Waals surface area contributed by atoms with Gasteiger partial charge in [0.1, 0.15) is 5.88 Å². The number of thioether (sulfide) groups is 1. The van der Waals surface area contributed by atoms with Crippen LogP contribution in [0.5, 0.6) is 0 Å². The first-order valence-electron chi connectivity index (χ1n) is 1.95. The van der Waals surface area contributed by atoms with E-state index in [2.05, 4.69) is 12.6 Å². The van der Waals surface area contributed by atoms with Crippen LogP contribution in [0.15, 0.2) is 11.6 Å². The van der Waals surface area contributed by atoms with Crippen LogP contribution >= 0.6 is 24.4 Å². The molecule has 0 aliphatic carbocycles. The van der Waals surface area contributed by atoms with Crippen LogP contribution in [0.4, 0.5) is 0 Å². The van der Waals surface area contributed by atoms with Crippen molar-refractivity contribution in [3.8, 4) is 0 Å². The first-order chi connectivity index (χ1) is 3.43. The second-order valence-corrected chi connectivity index (χ2v) is 2.31. The Morgan fingerprint density at radius 2 is 2.71 bits per heavy atom. The monoisotopic (exact) mass is 132 g/mol. The molecule has 0 spiro atoms. The maximum Gasteiger partial charge on any atom is 0.102 e. The molecule has 0 saturated carbocycles. The topological polar surface area (TPSA) is 3.24 Å². The molecule has 0 aromatic heterocycles. The summed E-state index contributed by atoms with van der Waals surface area (Å²) >= 11 is 5.72. The van der Waals surface area contributed by atoms with Crippen molar-refractivity contribution >= 4 is 24.4 Å². The van der Waals surface area contributed by atoms with E-state index in [0.29, 0.717) is 0 Å². The Morgan fingerprint density at radius 1 is 1.86 bits per heavy atom. The van der Waals surface area contributed by atoms with Gasteiger partial charge in [0.05, 0.1) is 5.88 Å². The Bertz CT molecular complexity index is 81.8. The Labute approximate surface area is 53.2 Å². The minimum Gasteiger partial charge on any atom is -0.353 e. The summed E-state index contributed by atoms with van der Waals surface area (Å²) in [5, 5.41) is 2.05. The van der Waals surface area contributed by atoms with E-state index in [1.807, 2.05) is 16.5 Å². The average molecular weight is 132 g/mol. The summed E-state index contributed by atoms with van der Waals surface area (Å²) in [6.07, 6.45) is 2.00. The quantitative estimate of drug-likeness (QED) is 0.539. The molecule has 7 heavy (non-hydrogen) atoms. The van der Waals surface area contributed by atoms with Gasteiger partial charge in [0.25, 0.3) is 0 Å². The maximum atomic E-state index is 3.95. The highest BCUT2D eigenvalue weighted by Gasteiger charge is 1.99. The molecule has 0 aromatic carbocycles. The van der Waals surface area contributed by atoms with Crippen LogP contribution in [-0.2, 0) is 0 Å². The lowest BCUT2D eigenvalue weighted by Crippen LogP contribution is -2.04. The second-order valence-electron chi connectivity index (χ2n) is 1.21. The summed E-state index contributed by atoms with van der Waals surface area (Å²) in [4.78, 5) is 2.01. The largest absolute Gasteiger partial charge is 0.353 e. The molecule has 0 atom stereocenters. The van der Waals surface area contributed by atoms with E-state index in [1.54, 1.807) is 17.6 Å². The highest BCUT2D eigenvalue weighted by Crippen LogP contribution is 2.16. The molecule has 1 heterocycles. The third-order valence-corrected chi connectivity index (χ3v) is 1.78. The Hall–Kier alpha value is 0.240. The summed E-state index contributed by atoms with van der Waals surface area (Å²) < 4.78 is 0. The van der Waals surface area contributed by atoms with Gasteiger partial charge >= 0.3 is 0 Å². The van der Waals surface area contributed by atoms with Gasteiger partial charge in [-0.2, -0.15) is 12.6 Å². The lowest BCUT2D eigenvalue weighted by Gasteiger charge is -2.06. The lowest BCUT2D eigenvalue weighted by atomic mass is 10.9. The van der Waals surface area contributed by atoms with E-state index in [9.17, 15) is 0 Å². The van der Waals surface area contributed by atoms with Crippen LogP contribution in [0.2, 0.25) is 0 Å². The van der Waals surface area contributed by atoms with Crippen molar-refractivity contribution in [2.45, 2.75) is 0 Å². The summed E-state index contributed by atoms with van der Waals surface area (Å²) in [5.74, 6) is 2.78. The second kappa shape index (κ2) is 2.52. The minimum atomic E-state index is 1.02. The van der Waals surface area contributed by atoms with E-state index in [0.717, 1.165) is 5.88 Å². The maximum absolute atomic E-state index is 3.95. The molecule has 1 rings (SSSR count). The molecule has 39 valence electrons. The number of nitrogens with zero attached hydrogens (tertiary/aromatic N) is 1. The van der Waals surface area contributed by atoms with Crippen LogP contribution in [0, 0.1) is 5.88 Å². The van der Waals surface area contributed by atoms with Crippen molar-refractivity contribution in [1.29, 1.82) is 0 Å². The molecule has 1 aliphatic rings. The summed E-state index contributed by atoms with van der Waals surface area (Å²) in [6, 6.07) is 0. The van der Waals surface area contributed by atoms with Gasteiger partial charge in [0.2, 0.25) is 0 Å². The highest BCUT2D eigenvalue weighted by atomic mass is 32.2. The smallest absolute Gasteiger partial charge is 0.102 e. The van der Waals surface area contributed by atoms with Crippen LogP contribution in [-0.4, -0.2) is 10.8 Å². The third-order valence-electron chi connectivity index (χ3n) is 0.720. The third kappa shape index (κ3) is 1.31. The Morgan fingerprint density at radius 3 is 3.00 bits per heavy atom. The van der Waals surface area contributed by atoms with E-state index in [4.69, 9.17) is 0 Å². The Kier molecular flexibility index (Phi) is 1.94. The number of rotatable bonds is 1. The van der Waals surface area contributed by atoms with E-state index in [-0.39, 0.29) is 0 Å². The van der Waals surface area contributed by atoms with E-state index >= 15 is 0 Å². The predicted molar refractivity (Wildman–Crippen MR) is 36.7 cm³/mol. The van der Waals surface area contributed by atoms with Crippen LogP contribution < -0.4 is 0 Å².